The molecule has 0 atom stereocenters. The molecule has 0 spiro atoms. The van der Waals surface area contributed by atoms with E-state index in [0.717, 1.165) is 4.90 Å². The Labute approximate surface area is 136 Å². The summed E-state index contributed by atoms with van der Waals surface area (Å²) in [5.41, 5.74) is 0.419. The van der Waals surface area contributed by atoms with Gasteiger partial charge in [-0.25, -0.2) is 0 Å². The number of amides is 1. The minimum absolute atomic E-state index is 0.114. The van der Waals surface area contributed by atoms with Gasteiger partial charge in [-0.15, -0.1) is 11.8 Å². The Bertz CT molecular complexity index is 530. The summed E-state index contributed by atoms with van der Waals surface area (Å²) in [7, 11) is 0. The molecular weight excluding hydrogens is 298 g/mol. The number of nitrogens with one attached hydrogen (secondary N) is 1. The van der Waals surface area contributed by atoms with Crippen molar-refractivity contribution in [1.82, 2.24) is 5.32 Å². The number of carboxylic acid groups (broad SMARTS) is 1. The van der Waals surface area contributed by atoms with Gasteiger partial charge < -0.3 is 10.4 Å². The largest absolute Gasteiger partial charge is 0.481 e. The van der Waals surface area contributed by atoms with E-state index in [1.807, 2.05) is 12.1 Å². The Hall–Kier alpha value is -1.49. The third-order valence-electron chi connectivity index (χ3n) is 3.40. The van der Waals surface area contributed by atoms with Crippen LogP contribution in [0.5, 0.6) is 0 Å². The molecule has 1 aromatic carbocycles. The van der Waals surface area contributed by atoms with Crippen LogP contribution in [0.25, 0.3) is 0 Å². The second-order valence-electron chi connectivity index (χ2n) is 7.03. The first kappa shape index (κ1) is 18.6. The first-order valence-corrected chi connectivity index (χ1v) is 8.24. The summed E-state index contributed by atoms with van der Waals surface area (Å²) in [6, 6.07) is 8.18. The molecule has 0 unspecified atom stereocenters. The van der Waals surface area contributed by atoms with E-state index in [1.54, 1.807) is 13.8 Å². The van der Waals surface area contributed by atoms with Crippen molar-refractivity contribution in [2.75, 3.05) is 12.3 Å². The van der Waals surface area contributed by atoms with Crippen LogP contribution in [-0.2, 0) is 15.0 Å². The van der Waals surface area contributed by atoms with Crippen LogP contribution in [0.3, 0.4) is 0 Å². The molecule has 0 heterocycles. The summed E-state index contributed by atoms with van der Waals surface area (Å²) in [6.07, 6.45) is 0. The zero-order chi connectivity index (χ0) is 17.0. The van der Waals surface area contributed by atoms with Crippen LogP contribution in [0.1, 0.15) is 40.2 Å². The van der Waals surface area contributed by atoms with Gasteiger partial charge in [0.2, 0.25) is 5.91 Å². The highest BCUT2D eigenvalue weighted by atomic mass is 32.2. The standard InChI is InChI=1S/C17H25NO3S/c1-16(2,3)12-6-8-13(9-7-12)22-10-14(19)18-11-17(4,5)15(20)21/h6-9H,10-11H2,1-5H3,(H,18,19)(H,20,21). The average molecular weight is 323 g/mol. The summed E-state index contributed by atoms with van der Waals surface area (Å²) in [6.45, 7) is 9.79. The van der Waals surface area contributed by atoms with Gasteiger partial charge in [-0.1, -0.05) is 32.9 Å². The molecule has 0 aromatic heterocycles. The molecule has 0 aliphatic carbocycles. The van der Waals surface area contributed by atoms with Gasteiger partial charge in [-0.05, 0) is 37.0 Å². The quantitative estimate of drug-likeness (QED) is 0.788. The van der Waals surface area contributed by atoms with Crippen molar-refractivity contribution in [2.45, 2.75) is 44.9 Å². The molecule has 0 aliphatic rings. The molecule has 122 valence electrons. The van der Waals surface area contributed by atoms with Crippen molar-refractivity contribution in [3.05, 3.63) is 29.8 Å². The molecule has 0 aliphatic heterocycles. The van der Waals surface area contributed by atoms with Crippen molar-refractivity contribution in [3.63, 3.8) is 0 Å². The minimum atomic E-state index is -0.950. The lowest BCUT2D eigenvalue weighted by atomic mass is 9.87. The van der Waals surface area contributed by atoms with E-state index in [-0.39, 0.29) is 23.6 Å². The zero-order valence-electron chi connectivity index (χ0n) is 13.9. The highest BCUT2D eigenvalue weighted by Crippen LogP contribution is 2.25. The fraction of sp³-hybridized carbons (Fsp3) is 0.529. The molecule has 1 amide bonds. The minimum Gasteiger partial charge on any atom is -0.481 e. The molecule has 0 fully saturated rings. The van der Waals surface area contributed by atoms with Crippen LogP contribution in [0.4, 0.5) is 0 Å². The lowest BCUT2D eigenvalue weighted by Crippen LogP contribution is -2.39. The topological polar surface area (TPSA) is 66.4 Å². The van der Waals surface area contributed by atoms with Crippen LogP contribution >= 0.6 is 11.8 Å². The molecule has 5 heteroatoms. The van der Waals surface area contributed by atoms with Crippen molar-refractivity contribution in [3.8, 4) is 0 Å². The van der Waals surface area contributed by atoms with E-state index in [4.69, 9.17) is 5.11 Å². The molecule has 0 radical (unpaired) electrons. The predicted octanol–water partition coefficient (Wildman–Crippen LogP) is 3.30. The fourth-order valence-electron chi connectivity index (χ4n) is 1.65. The smallest absolute Gasteiger partial charge is 0.310 e. The van der Waals surface area contributed by atoms with Gasteiger partial charge in [0.25, 0.3) is 0 Å². The lowest BCUT2D eigenvalue weighted by molar-refractivity contribution is -0.146. The second kappa shape index (κ2) is 7.18. The summed E-state index contributed by atoms with van der Waals surface area (Å²) in [5.74, 6) is -0.790. The second-order valence-corrected chi connectivity index (χ2v) is 8.08. The maximum atomic E-state index is 11.8. The van der Waals surface area contributed by atoms with Gasteiger partial charge in [-0.3, -0.25) is 9.59 Å². The fourth-order valence-corrected chi connectivity index (χ4v) is 2.37. The van der Waals surface area contributed by atoms with Gasteiger partial charge in [0.05, 0.1) is 11.2 Å². The summed E-state index contributed by atoms with van der Waals surface area (Å²) >= 11 is 1.45. The van der Waals surface area contributed by atoms with Crippen molar-refractivity contribution < 1.29 is 14.7 Å². The highest BCUT2D eigenvalue weighted by molar-refractivity contribution is 8.00. The number of carbonyl (C=O) groups is 2. The Morgan fingerprint density at radius 1 is 1.09 bits per heavy atom. The summed E-state index contributed by atoms with van der Waals surface area (Å²) < 4.78 is 0. The zero-order valence-corrected chi connectivity index (χ0v) is 14.7. The van der Waals surface area contributed by atoms with Gasteiger partial charge in [-0.2, -0.15) is 0 Å². The number of carboxylic acids is 1. The average Bonchev–Trinajstić information content (AvgIpc) is 2.42. The molecular formula is C17H25NO3S. The predicted molar refractivity (Wildman–Crippen MR) is 90.3 cm³/mol. The number of rotatable bonds is 6. The maximum absolute atomic E-state index is 11.8. The maximum Gasteiger partial charge on any atom is 0.310 e. The molecule has 2 N–H and O–H groups in total. The number of aliphatic carboxylic acids is 1. The van der Waals surface area contributed by atoms with Crippen molar-refractivity contribution in [2.24, 2.45) is 5.41 Å². The first-order valence-electron chi connectivity index (χ1n) is 7.26. The number of hydrogen-bond acceptors (Lipinski definition) is 3. The Kier molecular flexibility index (Phi) is 6.06. The monoisotopic (exact) mass is 323 g/mol. The van der Waals surface area contributed by atoms with E-state index in [2.05, 4.69) is 38.2 Å². The highest BCUT2D eigenvalue weighted by Gasteiger charge is 2.27. The normalized spacial score (nSPS) is 12.0. The van der Waals surface area contributed by atoms with Crippen molar-refractivity contribution in [1.29, 1.82) is 0 Å². The number of hydrogen-bond donors (Lipinski definition) is 2. The van der Waals surface area contributed by atoms with Gasteiger partial charge in [0.1, 0.15) is 0 Å². The first-order chi connectivity index (χ1) is 10.0. The van der Waals surface area contributed by atoms with E-state index >= 15 is 0 Å². The van der Waals surface area contributed by atoms with E-state index < -0.39 is 11.4 Å². The third-order valence-corrected chi connectivity index (χ3v) is 4.41. The van der Waals surface area contributed by atoms with Gasteiger partial charge in [0.15, 0.2) is 0 Å². The molecule has 22 heavy (non-hydrogen) atoms. The van der Waals surface area contributed by atoms with Crippen LogP contribution in [0.2, 0.25) is 0 Å². The Balaban J connectivity index is 2.46. The molecule has 0 saturated heterocycles. The van der Waals surface area contributed by atoms with Gasteiger partial charge >= 0.3 is 5.97 Å². The summed E-state index contributed by atoms with van der Waals surface area (Å²) in [5, 5.41) is 11.7. The molecule has 1 rings (SSSR count). The SMILES string of the molecule is CC(C)(CNC(=O)CSc1ccc(C(C)(C)C)cc1)C(=O)O. The molecule has 0 saturated carbocycles. The van der Waals surface area contributed by atoms with E-state index in [1.165, 1.54) is 17.3 Å². The van der Waals surface area contributed by atoms with Crippen molar-refractivity contribution >= 4 is 23.6 Å². The van der Waals surface area contributed by atoms with Crippen LogP contribution in [0, 0.1) is 5.41 Å². The molecule has 1 aromatic rings. The Morgan fingerprint density at radius 2 is 1.64 bits per heavy atom. The molecule has 4 nitrogen and oxygen atoms in total. The lowest BCUT2D eigenvalue weighted by Gasteiger charge is -2.20. The number of carbonyl (C=O) groups excluding carboxylic acids is 1. The van der Waals surface area contributed by atoms with Gasteiger partial charge in [0, 0.05) is 11.4 Å². The van der Waals surface area contributed by atoms with Crippen LogP contribution in [-0.4, -0.2) is 29.3 Å². The van der Waals surface area contributed by atoms with E-state index in [9.17, 15) is 9.59 Å². The third kappa shape index (κ3) is 5.72. The molecule has 0 bridgehead atoms. The number of benzene rings is 1. The number of thioether (sulfide) groups is 1. The van der Waals surface area contributed by atoms with Crippen LogP contribution in [0.15, 0.2) is 29.2 Å². The van der Waals surface area contributed by atoms with E-state index in [0.29, 0.717) is 0 Å². The summed E-state index contributed by atoms with van der Waals surface area (Å²) in [4.78, 5) is 23.8. The Morgan fingerprint density at radius 3 is 2.09 bits per heavy atom. The van der Waals surface area contributed by atoms with Crippen LogP contribution < -0.4 is 5.32 Å².